The number of pyridine rings is 1. The lowest BCUT2D eigenvalue weighted by atomic mass is 10.1. The van der Waals surface area contributed by atoms with Gasteiger partial charge in [0.15, 0.2) is 5.96 Å². The maximum absolute atomic E-state index is 5.46. The molecule has 0 unspecified atom stereocenters. The number of aliphatic imine (C=N–C) groups is 1. The van der Waals surface area contributed by atoms with E-state index in [-0.39, 0.29) is 24.0 Å². The van der Waals surface area contributed by atoms with Crippen LogP contribution in [0.3, 0.4) is 0 Å². The molecule has 0 radical (unpaired) electrons. The van der Waals surface area contributed by atoms with Crippen molar-refractivity contribution in [3.63, 3.8) is 0 Å². The lowest BCUT2D eigenvalue weighted by Crippen LogP contribution is -2.37. The summed E-state index contributed by atoms with van der Waals surface area (Å²) in [5, 5.41) is 10.9. The predicted octanol–water partition coefficient (Wildman–Crippen LogP) is 4.73. The van der Waals surface area contributed by atoms with Crippen molar-refractivity contribution in [3.05, 3.63) is 71.2 Å². The highest BCUT2D eigenvalue weighted by Gasteiger charge is 2.13. The lowest BCUT2D eigenvalue weighted by molar-refractivity contribution is 0.380. The summed E-state index contributed by atoms with van der Waals surface area (Å²) in [6, 6.07) is 14.3. The van der Waals surface area contributed by atoms with Crippen molar-refractivity contribution < 1.29 is 4.52 Å². The van der Waals surface area contributed by atoms with Crippen LogP contribution in [0.25, 0.3) is 11.3 Å². The van der Waals surface area contributed by atoms with Crippen LogP contribution in [0, 0.1) is 0 Å². The quantitative estimate of drug-likeness (QED) is 0.256. The SMILES string of the molecule is CCNC(=NCc1cccc(-c2ccccn2)c1)NCc1c(CC)noc1CC.I. The summed E-state index contributed by atoms with van der Waals surface area (Å²) >= 11 is 0. The molecule has 6 nitrogen and oxygen atoms in total. The number of hydrogen-bond acceptors (Lipinski definition) is 4. The second kappa shape index (κ2) is 12.3. The number of aryl methyl sites for hydroxylation is 2. The molecule has 2 aromatic heterocycles. The molecule has 0 bridgehead atoms. The van der Waals surface area contributed by atoms with Crippen LogP contribution in [0.2, 0.25) is 0 Å². The van der Waals surface area contributed by atoms with Gasteiger partial charge in [-0.1, -0.05) is 43.3 Å². The minimum absolute atomic E-state index is 0. The van der Waals surface area contributed by atoms with Gasteiger partial charge in [0.2, 0.25) is 0 Å². The van der Waals surface area contributed by atoms with Gasteiger partial charge in [-0.15, -0.1) is 24.0 Å². The van der Waals surface area contributed by atoms with Gasteiger partial charge in [0.05, 0.1) is 17.9 Å². The fourth-order valence-electron chi connectivity index (χ4n) is 3.18. The fraction of sp³-hybridized carbons (Fsp3) is 0.348. The molecule has 0 aliphatic heterocycles. The number of benzene rings is 1. The van der Waals surface area contributed by atoms with E-state index in [0.29, 0.717) is 13.1 Å². The molecule has 3 rings (SSSR count). The van der Waals surface area contributed by atoms with E-state index < -0.39 is 0 Å². The molecule has 1 aromatic carbocycles. The van der Waals surface area contributed by atoms with Crippen LogP contribution < -0.4 is 10.6 Å². The first-order chi connectivity index (χ1) is 14.2. The molecule has 2 N–H and O–H groups in total. The van der Waals surface area contributed by atoms with Crippen LogP contribution >= 0.6 is 24.0 Å². The van der Waals surface area contributed by atoms with E-state index in [4.69, 9.17) is 9.52 Å². The monoisotopic (exact) mass is 519 g/mol. The van der Waals surface area contributed by atoms with Gasteiger partial charge < -0.3 is 15.2 Å². The van der Waals surface area contributed by atoms with Crippen LogP contribution in [0.5, 0.6) is 0 Å². The van der Waals surface area contributed by atoms with E-state index >= 15 is 0 Å². The molecule has 0 fully saturated rings. The van der Waals surface area contributed by atoms with Crippen molar-refractivity contribution in [2.24, 2.45) is 4.99 Å². The summed E-state index contributed by atoms with van der Waals surface area (Å²) in [4.78, 5) is 9.18. The highest BCUT2D eigenvalue weighted by molar-refractivity contribution is 14.0. The highest BCUT2D eigenvalue weighted by atomic mass is 127. The summed E-state index contributed by atoms with van der Waals surface area (Å²) in [5.74, 6) is 1.72. The summed E-state index contributed by atoms with van der Waals surface area (Å²) in [7, 11) is 0. The number of rotatable bonds is 8. The first-order valence-corrected chi connectivity index (χ1v) is 10.2. The molecule has 0 saturated carbocycles. The van der Waals surface area contributed by atoms with Crippen LogP contribution in [0.1, 0.15) is 43.4 Å². The number of nitrogens with zero attached hydrogens (tertiary/aromatic N) is 3. The molecular formula is C23H30IN5O. The molecule has 7 heteroatoms. The molecule has 30 heavy (non-hydrogen) atoms. The van der Waals surface area contributed by atoms with Crippen LogP contribution in [-0.2, 0) is 25.9 Å². The number of aromatic nitrogens is 2. The van der Waals surface area contributed by atoms with E-state index in [9.17, 15) is 0 Å². The van der Waals surface area contributed by atoms with Gasteiger partial charge >= 0.3 is 0 Å². The van der Waals surface area contributed by atoms with E-state index in [1.807, 2.05) is 30.5 Å². The van der Waals surface area contributed by atoms with Gasteiger partial charge in [0.25, 0.3) is 0 Å². The molecule has 0 aliphatic rings. The third kappa shape index (κ3) is 6.29. The van der Waals surface area contributed by atoms with Gasteiger partial charge in [0, 0.05) is 36.8 Å². The largest absolute Gasteiger partial charge is 0.361 e. The Bertz CT molecular complexity index is 918. The van der Waals surface area contributed by atoms with Crippen molar-refractivity contribution in [2.45, 2.75) is 46.7 Å². The zero-order valence-electron chi connectivity index (χ0n) is 17.8. The van der Waals surface area contributed by atoms with Gasteiger partial charge in [-0.05, 0) is 37.1 Å². The van der Waals surface area contributed by atoms with Crippen molar-refractivity contribution in [1.82, 2.24) is 20.8 Å². The molecule has 3 aromatic rings. The van der Waals surface area contributed by atoms with E-state index in [1.165, 1.54) is 0 Å². The third-order valence-corrected chi connectivity index (χ3v) is 4.69. The van der Waals surface area contributed by atoms with Gasteiger partial charge in [-0.3, -0.25) is 4.98 Å². The van der Waals surface area contributed by atoms with Gasteiger partial charge in [-0.25, -0.2) is 4.99 Å². The van der Waals surface area contributed by atoms with Crippen LogP contribution in [0.4, 0.5) is 0 Å². The van der Waals surface area contributed by atoms with Crippen molar-refractivity contribution >= 4 is 29.9 Å². The first-order valence-electron chi connectivity index (χ1n) is 10.2. The van der Waals surface area contributed by atoms with Gasteiger partial charge in [0.1, 0.15) is 5.76 Å². The minimum atomic E-state index is 0. The minimum Gasteiger partial charge on any atom is -0.361 e. The first kappa shape index (κ1) is 23.9. The highest BCUT2D eigenvalue weighted by Crippen LogP contribution is 2.18. The van der Waals surface area contributed by atoms with Crippen molar-refractivity contribution in [1.29, 1.82) is 0 Å². The molecule has 0 aliphatic carbocycles. The van der Waals surface area contributed by atoms with E-state index in [1.54, 1.807) is 0 Å². The summed E-state index contributed by atoms with van der Waals surface area (Å²) < 4.78 is 5.46. The molecular weight excluding hydrogens is 489 g/mol. The van der Waals surface area contributed by atoms with Gasteiger partial charge in [-0.2, -0.15) is 0 Å². The molecule has 0 amide bonds. The topological polar surface area (TPSA) is 75.3 Å². The summed E-state index contributed by atoms with van der Waals surface area (Å²) in [6.07, 6.45) is 3.50. The Kier molecular flexibility index (Phi) is 9.79. The maximum atomic E-state index is 5.46. The van der Waals surface area contributed by atoms with Crippen LogP contribution in [-0.4, -0.2) is 22.6 Å². The number of nitrogens with one attached hydrogen (secondary N) is 2. The third-order valence-electron chi connectivity index (χ3n) is 4.69. The Hall–Kier alpha value is -2.42. The van der Waals surface area contributed by atoms with E-state index in [2.05, 4.69) is 59.7 Å². The molecule has 0 atom stereocenters. The smallest absolute Gasteiger partial charge is 0.191 e. The second-order valence-electron chi connectivity index (χ2n) is 6.70. The lowest BCUT2D eigenvalue weighted by Gasteiger charge is -2.12. The van der Waals surface area contributed by atoms with Crippen molar-refractivity contribution in [3.8, 4) is 11.3 Å². The van der Waals surface area contributed by atoms with E-state index in [0.717, 1.165) is 59.2 Å². The molecule has 160 valence electrons. The second-order valence-corrected chi connectivity index (χ2v) is 6.70. The average molecular weight is 519 g/mol. The maximum Gasteiger partial charge on any atom is 0.191 e. The van der Waals surface area contributed by atoms with Crippen LogP contribution in [0.15, 0.2) is 58.2 Å². The normalized spacial score (nSPS) is 11.1. The Morgan fingerprint density at radius 3 is 2.60 bits per heavy atom. The fourth-order valence-corrected chi connectivity index (χ4v) is 3.18. The predicted molar refractivity (Wildman–Crippen MR) is 132 cm³/mol. The molecule has 0 saturated heterocycles. The summed E-state index contributed by atoms with van der Waals surface area (Å²) in [6.45, 7) is 8.26. The zero-order valence-corrected chi connectivity index (χ0v) is 20.1. The number of hydrogen-bond donors (Lipinski definition) is 2. The number of guanidine groups is 1. The standard InChI is InChI=1S/C23H29N5O.HI/c1-4-20-19(22(5-2)29-28-20)16-27-23(24-6-3)26-15-17-10-9-11-18(14-17)21-12-7-8-13-25-21;/h7-14H,4-6,15-16H2,1-3H3,(H2,24,26,27);1H. The Labute approximate surface area is 195 Å². The Balaban J connectivity index is 0.00000320. The molecule has 0 spiro atoms. The Morgan fingerprint density at radius 2 is 1.90 bits per heavy atom. The Morgan fingerprint density at radius 1 is 1.03 bits per heavy atom. The summed E-state index contributed by atoms with van der Waals surface area (Å²) in [5.41, 5.74) is 5.35. The zero-order chi connectivity index (χ0) is 20.5. The van der Waals surface area contributed by atoms with Crippen molar-refractivity contribution in [2.75, 3.05) is 6.54 Å². The molecule has 2 heterocycles. The average Bonchev–Trinajstić information content (AvgIpc) is 3.18. The number of halogens is 1.